The van der Waals surface area contributed by atoms with Crippen molar-refractivity contribution in [3.63, 3.8) is 0 Å². The van der Waals surface area contributed by atoms with Crippen LogP contribution >= 0.6 is 0 Å². The molecular formula is C17H22N2O2. The molecule has 3 N–H and O–H groups in total. The number of hydrogen-bond donors (Lipinski definition) is 2. The van der Waals surface area contributed by atoms with E-state index in [1.807, 2.05) is 56.3 Å². The lowest BCUT2D eigenvalue weighted by Crippen LogP contribution is -2.04. The predicted octanol–water partition coefficient (Wildman–Crippen LogP) is 3.68. The summed E-state index contributed by atoms with van der Waals surface area (Å²) < 4.78 is 11.2. The highest BCUT2D eigenvalue weighted by Crippen LogP contribution is 2.31. The molecule has 4 nitrogen and oxygen atoms in total. The van der Waals surface area contributed by atoms with Gasteiger partial charge in [0.2, 0.25) is 0 Å². The lowest BCUT2D eigenvalue weighted by atomic mass is 10.2. The van der Waals surface area contributed by atoms with Crippen molar-refractivity contribution in [2.75, 3.05) is 24.3 Å². The summed E-state index contributed by atoms with van der Waals surface area (Å²) in [5.74, 6) is 1.52. The van der Waals surface area contributed by atoms with E-state index >= 15 is 0 Å². The summed E-state index contributed by atoms with van der Waals surface area (Å²) in [5, 5.41) is 3.35. The minimum absolute atomic E-state index is 0.606. The number of anilines is 2. The smallest absolute Gasteiger partial charge is 0.163 e. The zero-order valence-electron chi connectivity index (χ0n) is 12.6. The third-order valence-corrected chi connectivity index (χ3v) is 3.08. The molecule has 0 aromatic heterocycles. The maximum Gasteiger partial charge on any atom is 0.163 e. The van der Waals surface area contributed by atoms with Crippen molar-refractivity contribution in [3.8, 4) is 11.5 Å². The van der Waals surface area contributed by atoms with Crippen LogP contribution in [0.5, 0.6) is 11.5 Å². The van der Waals surface area contributed by atoms with Gasteiger partial charge in [0.15, 0.2) is 11.5 Å². The van der Waals surface area contributed by atoms with Crippen molar-refractivity contribution in [2.24, 2.45) is 0 Å². The van der Waals surface area contributed by atoms with Crippen LogP contribution in [0.3, 0.4) is 0 Å². The van der Waals surface area contributed by atoms with Gasteiger partial charge in [0.25, 0.3) is 0 Å². The SMILES string of the molecule is CCOc1ccc(NCc2ccccc2N)cc1OCC. The molecule has 4 heteroatoms. The standard InChI is InChI=1S/C17H22N2O2/c1-3-20-16-10-9-14(11-17(16)21-4-2)19-12-13-7-5-6-8-15(13)18/h5-11,19H,3-4,12,18H2,1-2H3. The fourth-order valence-corrected chi connectivity index (χ4v) is 2.05. The topological polar surface area (TPSA) is 56.5 Å². The van der Waals surface area contributed by atoms with Crippen LogP contribution in [0.1, 0.15) is 19.4 Å². The molecule has 0 unspecified atom stereocenters. The zero-order chi connectivity index (χ0) is 15.1. The van der Waals surface area contributed by atoms with Gasteiger partial charge in [0, 0.05) is 24.0 Å². The number of benzene rings is 2. The number of para-hydroxylation sites is 1. The minimum Gasteiger partial charge on any atom is -0.490 e. The highest BCUT2D eigenvalue weighted by Gasteiger charge is 2.06. The van der Waals surface area contributed by atoms with Gasteiger partial charge >= 0.3 is 0 Å². The van der Waals surface area contributed by atoms with Crippen LogP contribution in [0.2, 0.25) is 0 Å². The molecule has 2 aromatic carbocycles. The molecule has 0 saturated carbocycles. The number of rotatable bonds is 7. The van der Waals surface area contributed by atoms with Gasteiger partial charge in [-0.1, -0.05) is 18.2 Å². The highest BCUT2D eigenvalue weighted by atomic mass is 16.5. The first-order valence-corrected chi connectivity index (χ1v) is 7.21. The quantitative estimate of drug-likeness (QED) is 0.762. The molecule has 112 valence electrons. The van der Waals surface area contributed by atoms with E-state index in [4.69, 9.17) is 15.2 Å². The number of hydrogen-bond acceptors (Lipinski definition) is 4. The van der Waals surface area contributed by atoms with Gasteiger partial charge in [0.05, 0.1) is 13.2 Å². The Balaban J connectivity index is 2.10. The predicted molar refractivity (Wildman–Crippen MR) is 87.0 cm³/mol. The summed E-state index contributed by atoms with van der Waals surface area (Å²) in [6, 6.07) is 13.7. The van der Waals surface area contributed by atoms with E-state index in [2.05, 4.69) is 5.32 Å². The molecular weight excluding hydrogens is 264 g/mol. The van der Waals surface area contributed by atoms with Crippen LogP contribution in [-0.2, 0) is 6.54 Å². The summed E-state index contributed by atoms with van der Waals surface area (Å²) >= 11 is 0. The fraction of sp³-hybridized carbons (Fsp3) is 0.294. The molecule has 2 rings (SSSR count). The van der Waals surface area contributed by atoms with E-state index in [1.54, 1.807) is 0 Å². The van der Waals surface area contributed by atoms with Gasteiger partial charge in [-0.05, 0) is 37.6 Å². The Morgan fingerprint density at radius 3 is 2.38 bits per heavy atom. The van der Waals surface area contributed by atoms with E-state index in [0.717, 1.165) is 28.4 Å². The fourth-order valence-electron chi connectivity index (χ4n) is 2.05. The first-order chi connectivity index (χ1) is 10.2. The third kappa shape index (κ3) is 4.05. The normalized spacial score (nSPS) is 10.2. The summed E-state index contributed by atoms with van der Waals surface area (Å²) in [7, 11) is 0. The number of nitrogens with two attached hydrogens (primary N) is 1. The van der Waals surface area contributed by atoms with E-state index in [1.165, 1.54) is 0 Å². The van der Waals surface area contributed by atoms with Crippen LogP contribution in [0.15, 0.2) is 42.5 Å². The van der Waals surface area contributed by atoms with Crippen LogP contribution in [0.25, 0.3) is 0 Å². The van der Waals surface area contributed by atoms with Gasteiger partial charge in [-0.25, -0.2) is 0 Å². The van der Waals surface area contributed by atoms with Crippen LogP contribution in [-0.4, -0.2) is 13.2 Å². The Kier molecular flexibility index (Phi) is 5.32. The maximum atomic E-state index is 5.94. The molecule has 2 aromatic rings. The van der Waals surface area contributed by atoms with Crippen molar-refractivity contribution < 1.29 is 9.47 Å². The Morgan fingerprint density at radius 2 is 1.67 bits per heavy atom. The van der Waals surface area contributed by atoms with Gasteiger partial charge < -0.3 is 20.5 Å². The Labute approximate surface area is 125 Å². The molecule has 0 aliphatic carbocycles. The number of nitrogen functional groups attached to an aromatic ring is 1. The van der Waals surface area contributed by atoms with Crippen molar-refractivity contribution in [2.45, 2.75) is 20.4 Å². The molecule has 0 aliphatic rings. The van der Waals surface area contributed by atoms with Crippen molar-refractivity contribution >= 4 is 11.4 Å². The summed E-state index contributed by atoms with van der Waals surface area (Å²) in [6.07, 6.45) is 0. The highest BCUT2D eigenvalue weighted by molar-refractivity contribution is 5.56. The molecule has 0 atom stereocenters. The van der Waals surface area contributed by atoms with Crippen LogP contribution in [0.4, 0.5) is 11.4 Å². The second kappa shape index (κ2) is 7.43. The van der Waals surface area contributed by atoms with E-state index in [-0.39, 0.29) is 0 Å². The van der Waals surface area contributed by atoms with E-state index in [9.17, 15) is 0 Å². The van der Waals surface area contributed by atoms with E-state index in [0.29, 0.717) is 19.8 Å². The van der Waals surface area contributed by atoms with Crippen molar-refractivity contribution in [3.05, 3.63) is 48.0 Å². The monoisotopic (exact) mass is 286 g/mol. The van der Waals surface area contributed by atoms with Crippen molar-refractivity contribution in [1.29, 1.82) is 0 Å². The largest absolute Gasteiger partial charge is 0.490 e. The number of ether oxygens (including phenoxy) is 2. The average molecular weight is 286 g/mol. The molecule has 0 saturated heterocycles. The molecule has 0 amide bonds. The molecule has 0 heterocycles. The lowest BCUT2D eigenvalue weighted by Gasteiger charge is -2.14. The van der Waals surface area contributed by atoms with Gasteiger partial charge in [-0.2, -0.15) is 0 Å². The van der Waals surface area contributed by atoms with Gasteiger partial charge in [-0.3, -0.25) is 0 Å². The number of nitrogens with one attached hydrogen (secondary N) is 1. The molecule has 21 heavy (non-hydrogen) atoms. The minimum atomic E-state index is 0.606. The molecule has 0 fully saturated rings. The first kappa shape index (κ1) is 15.0. The summed E-state index contributed by atoms with van der Waals surface area (Å²) in [4.78, 5) is 0. The Hall–Kier alpha value is -2.36. The molecule has 0 radical (unpaired) electrons. The summed E-state index contributed by atoms with van der Waals surface area (Å²) in [5.41, 5.74) is 8.78. The summed E-state index contributed by atoms with van der Waals surface area (Å²) in [6.45, 7) is 5.81. The maximum absolute atomic E-state index is 5.94. The van der Waals surface area contributed by atoms with Crippen LogP contribution in [0, 0.1) is 0 Å². The first-order valence-electron chi connectivity index (χ1n) is 7.21. The van der Waals surface area contributed by atoms with Crippen LogP contribution < -0.4 is 20.5 Å². The van der Waals surface area contributed by atoms with Crippen molar-refractivity contribution in [1.82, 2.24) is 0 Å². The Bertz CT molecular complexity index is 585. The third-order valence-electron chi connectivity index (χ3n) is 3.08. The van der Waals surface area contributed by atoms with Gasteiger partial charge in [0.1, 0.15) is 0 Å². The zero-order valence-corrected chi connectivity index (χ0v) is 12.6. The second-order valence-corrected chi connectivity index (χ2v) is 4.58. The molecule has 0 bridgehead atoms. The molecule has 0 spiro atoms. The average Bonchev–Trinajstić information content (AvgIpc) is 2.49. The lowest BCUT2D eigenvalue weighted by molar-refractivity contribution is 0.288. The second-order valence-electron chi connectivity index (χ2n) is 4.58. The van der Waals surface area contributed by atoms with E-state index < -0.39 is 0 Å². The Morgan fingerprint density at radius 1 is 0.952 bits per heavy atom. The molecule has 0 aliphatic heterocycles. The van der Waals surface area contributed by atoms with Gasteiger partial charge in [-0.15, -0.1) is 0 Å².